The molecule has 4 heteroatoms. The molecule has 2 rings (SSSR count). The minimum absolute atomic E-state index is 0.216. The Bertz CT molecular complexity index is 416. The van der Waals surface area contributed by atoms with E-state index in [1.807, 2.05) is 4.68 Å². The third-order valence-corrected chi connectivity index (χ3v) is 5.22. The summed E-state index contributed by atoms with van der Waals surface area (Å²) in [5.74, 6) is 0. The second kappa shape index (κ2) is 7.41. The standard InChI is InChI=1S/C17H32N4/c1-5-17(6-2,20-11-9-10-12-20)16(18-7-3)15-13-19-21(8-4)14-15/h13-14,16,18H,5-12H2,1-4H3. The molecule has 0 aliphatic carbocycles. The molecule has 0 bridgehead atoms. The van der Waals surface area contributed by atoms with Crippen LogP contribution in [0.15, 0.2) is 12.4 Å². The van der Waals surface area contributed by atoms with Gasteiger partial charge in [0, 0.05) is 23.8 Å². The summed E-state index contributed by atoms with van der Waals surface area (Å²) < 4.78 is 2.04. The molecule has 2 heterocycles. The quantitative estimate of drug-likeness (QED) is 0.798. The van der Waals surface area contributed by atoms with Gasteiger partial charge >= 0.3 is 0 Å². The van der Waals surface area contributed by atoms with E-state index in [9.17, 15) is 0 Å². The molecule has 21 heavy (non-hydrogen) atoms. The SMILES string of the molecule is CCNC(c1cnn(CC)c1)C(CC)(CC)N1CCCC1. The predicted molar refractivity (Wildman–Crippen MR) is 88.4 cm³/mol. The third-order valence-electron chi connectivity index (χ3n) is 5.22. The highest BCUT2D eigenvalue weighted by Crippen LogP contribution is 2.39. The van der Waals surface area contributed by atoms with Crippen molar-refractivity contribution >= 4 is 0 Å². The average Bonchev–Trinajstić information content (AvgIpc) is 3.19. The van der Waals surface area contributed by atoms with Gasteiger partial charge in [-0.15, -0.1) is 0 Å². The maximum atomic E-state index is 4.50. The zero-order valence-electron chi connectivity index (χ0n) is 14.2. The van der Waals surface area contributed by atoms with Crippen molar-refractivity contribution in [2.24, 2.45) is 0 Å². The van der Waals surface area contributed by atoms with Crippen LogP contribution in [0.2, 0.25) is 0 Å². The summed E-state index contributed by atoms with van der Waals surface area (Å²) in [6.45, 7) is 13.5. The Balaban J connectivity index is 2.35. The number of hydrogen-bond acceptors (Lipinski definition) is 3. The van der Waals surface area contributed by atoms with Crippen LogP contribution in [-0.4, -0.2) is 39.9 Å². The molecule has 120 valence electrons. The molecule has 0 aromatic carbocycles. The Morgan fingerprint density at radius 2 is 1.86 bits per heavy atom. The lowest BCUT2D eigenvalue weighted by atomic mass is 9.80. The summed E-state index contributed by atoms with van der Waals surface area (Å²) in [7, 11) is 0. The number of hydrogen-bond donors (Lipinski definition) is 1. The lowest BCUT2D eigenvalue weighted by Gasteiger charge is -2.47. The topological polar surface area (TPSA) is 33.1 Å². The van der Waals surface area contributed by atoms with Crippen LogP contribution in [0.3, 0.4) is 0 Å². The van der Waals surface area contributed by atoms with Gasteiger partial charge in [-0.25, -0.2) is 0 Å². The minimum Gasteiger partial charge on any atom is -0.309 e. The number of nitrogens with one attached hydrogen (secondary N) is 1. The average molecular weight is 292 g/mol. The molecule has 1 saturated heterocycles. The fourth-order valence-electron chi connectivity index (χ4n) is 3.97. The molecule has 0 spiro atoms. The summed E-state index contributed by atoms with van der Waals surface area (Å²) >= 11 is 0. The van der Waals surface area contributed by atoms with Crippen LogP contribution in [0.5, 0.6) is 0 Å². The van der Waals surface area contributed by atoms with Gasteiger partial charge in [0.2, 0.25) is 0 Å². The molecule has 0 amide bonds. The summed E-state index contributed by atoms with van der Waals surface area (Å²) in [5, 5.41) is 8.27. The van der Waals surface area contributed by atoms with E-state index in [1.165, 1.54) is 44.3 Å². The van der Waals surface area contributed by atoms with Gasteiger partial charge in [-0.05, 0) is 52.2 Å². The molecule has 1 fully saturated rings. The van der Waals surface area contributed by atoms with Gasteiger partial charge in [0.15, 0.2) is 0 Å². The van der Waals surface area contributed by atoms with Crippen molar-refractivity contribution in [1.82, 2.24) is 20.0 Å². The number of nitrogens with zero attached hydrogens (tertiary/aromatic N) is 3. The Hall–Kier alpha value is -0.870. The zero-order chi connectivity index (χ0) is 15.3. The second-order valence-corrected chi connectivity index (χ2v) is 6.12. The highest BCUT2D eigenvalue weighted by molar-refractivity contribution is 5.18. The largest absolute Gasteiger partial charge is 0.309 e. The predicted octanol–water partition coefficient (Wildman–Crippen LogP) is 3.21. The van der Waals surface area contributed by atoms with E-state index in [1.54, 1.807) is 0 Å². The fourth-order valence-corrected chi connectivity index (χ4v) is 3.97. The van der Waals surface area contributed by atoms with Crippen LogP contribution in [-0.2, 0) is 6.54 Å². The first-order valence-corrected chi connectivity index (χ1v) is 8.72. The normalized spacial score (nSPS) is 18.3. The number of rotatable bonds is 8. The maximum absolute atomic E-state index is 4.50. The summed E-state index contributed by atoms with van der Waals surface area (Å²) in [4.78, 5) is 2.73. The van der Waals surface area contributed by atoms with E-state index in [2.05, 4.69) is 55.4 Å². The Kier molecular flexibility index (Phi) is 5.82. The molecule has 0 radical (unpaired) electrons. The second-order valence-electron chi connectivity index (χ2n) is 6.12. The van der Waals surface area contributed by atoms with Crippen LogP contribution in [0.4, 0.5) is 0 Å². The molecule has 1 aromatic rings. The third kappa shape index (κ3) is 3.16. The van der Waals surface area contributed by atoms with Crippen LogP contribution in [0.25, 0.3) is 0 Å². The first-order valence-electron chi connectivity index (χ1n) is 8.72. The van der Waals surface area contributed by atoms with Gasteiger partial charge in [-0.1, -0.05) is 20.8 Å². The van der Waals surface area contributed by atoms with Crippen molar-refractivity contribution in [3.63, 3.8) is 0 Å². The lowest BCUT2D eigenvalue weighted by Crippen LogP contribution is -2.55. The highest BCUT2D eigenvalue weighted by Gasteiger charge is 2.42. The lowest BCUT2D eigenvalue weighted by molar-refractivity contribution is 0.0622. The van der Waals surface area contributed by atoms with Gasteiger partial charge in [0.25, 0.3) is 0 Å². The van der Waals surface area contributed by atoms with E-state index < -0.39 is 0 Å². The Morgan fingerprint density at radius 3 is 2.33 bits per heavy atom. The summed E-state index contributed by atoms with van der Waals surface area (Å²) in [5.41, 5.74) is 1.56. The van der Waals surface area contributed by atoms with Crippen LogP contribution < -0.4 is 5.32 Å². The minimum atomic E-state index is 0.216. The van der Waals surface area contributed by atoms with Gasteiger partial charge in [-0.3, -0.25) is 9.58 Å². The number of aromatic nitrogens is 2. The molecule has 1 unspecified atom stereocenters. The maximum Gasteiger partial charge on any atom is 0.0538 e. The van der Waals surface area contributed by atoms with Crippen molar-refractivity contribution in [3.8, 4) is 0 Å². The van der Waals surface area contributed by atoms with Crippen molar-refractivity contribution in [1.29, 1.82) is 0 Å². The number of likely N-dealkylation sites (tertiary alicyclic amines) is 1. The van der Waals surface area contributed by atoms with E-state index in [0.29, 0.717) is 6.04 Å². The molecule has 1 aromatic heterocycles. The van der Waals surface area contributed by atoms with Crippen molar-refractivity contribution in [2.75, 3.05) is 19.6 Å². The molecular weight excluding hydrogens is 260 g/mol. The smallest absolute Gasteiger partial charge is 0.0538 e. The zero-order valence-corrected chi connectivity index (χ0v) is 14.2. The highest BCUT2D eigenvalue weighted by atomic mass is 15.3. The summed E-state index contributed by atoms with van der Waals surface area (Å²) in [6, 6.07) is 0.371. The molecular formula is C17H32N4. The molecule has 1 N–H and O–H groups in total. The van der Waals surface area contributed by atoms with Gasteiger partial charge < -0.3 is 5.32 Å². The monoisotopic (exact) mass is 292 g/mol. The Labute approximate surface area is 129 Å². The van der Waals surface area contributed by atoms with E-state index >= 15 is 0 Å². The van der Waals surface area contributed by atoms with Crippen LogP contribution in [0, 0.1) is 0 Å². The van der Waals surface area contributed by atoms with Gasteiger partial charge in [-0.2, -0.15) is 5.10 Å². The van der Waals surface area contributed by atoms with E-state index in [4.69, 9.17) is 0 Å². The molecule has 1 aliphatic heterocycles. The van der Waals surface area contributed by atoms with E-state index in [-0.39, 0.29) is 5.54 Å². The van der Waals surface area contributed by atoms with Crippen molar-refractivity contribution in [2.45, 2.75) is 71.5 Å². The van der Waals surface area contributed by atoms with Crippen LogP contribution >= 0.6 is 0 Å². The molecule has 4 nitrogen and oxygen atoms in total. The molecule has 1 atom stereocenters. The van der Waals surface area contributed by atoms with Crippen molar-refractivity contribution in [3.05, 3.63) is 18.0 Å². The first kappa shape index (κ1) is 16.5. The number of likely N-dealkylation sites (N-methyl/N-ethyl adjacent to an activating group) is 1. The van der Waals surface area contributed by atoms with Crippen molar-refractivity contribution < 1.29 is 0 Å². The summed E-state index contributed by atoms with van der Waals surface area (Å²) in [6.07, 6.45) is 9.33. The van der Waals surface area contributed by atoms with Gasteiger partial charge in [0.05, 0.1) is 12.2 Å². The number of aryl methyl sites for hydroxylation is 1. The Morgan fingerprint density at radius 1 is 1.19 bits per heavy atom. The van der Waals surface area contributed by atoms with Crippen LogP contribution in [0.1, 0.15) is 65.0 Å². The van der Waals surface area contributed by atoms with Gasteiger partial charge in [0.1, 0.15) is 0 Å². The molecule has 0 saturated carbocycles. The fraction of sp³-hybridized carbons (Fsp3) is 0.824. The molecule has 1 aliphatic rings. The first-order chi connectivity index (χ1) is 10.2. The van der Waals surface area contributed by atoms with E-state index in [0.717, 1.165) is 13.1 Å².